The van der Waals surface area contributed by atoms with Gasteiger partial charge < -0.3 is 19.7 Å². The third kappa shape index (κ3) is 9.14. The minimum Gasteiger partial charge on any atom is -0.493 e. The maximum atomic E-state index is 14.6. The Balaban J connectivity index is 1.84. The van der Waals surface area contributed by atoms with Crippen molar-refractivity contribution in [3.05, 3.63) is 119 Å². The van der Waals surface area contributed by atoms with Crippen LogP contribution in [0, 0.1) is 0 Å². The third-order valence-electron chi connectivity index (χ3n) is 7.78. The Morgan fingerprint density at radius 1 is 0.830 bits per heavy atom. The molecule has 9 nitrogen and oxygen atoms in total. The fraction of sp³-hybridized carbons (Fsp3) is 0.278. The van der Waals surface area contributed by atoms with Crippen LogP contribution in [0.3, 0.4) is 0 Å². The highest BCUT2D eigenvalue weighted by molar-refractivity contribution is 9.10. The predicted octanol–water partition coefficient (Wildman–Crippen LogP) is 6.22. The number of anilines is 1. The normalized spacial score (nSPS) is 12.4. The van der Waals surface area contributed by atoms with Gasteiger partial charge in [-0.2, -0.15) is 0 Å². The average Bonchev–Trinajstić information content (AvgIpc) is 3.08. The highest BCUT2D eigenvalue weighted by Crippen LogP contribution is 2.34. The molecule has 0 radical (unpaired) electrons. The second-order valence-corrected chi connectivity index (χ2v) is 13.8. The first-order valence-corrected chi connectivity index (χ1v) is 17.5. The van der Waals surface area contributed by atoms with Crippen molar-refractivity contribution in [3.63, 3.8) is 0 Å². The summed E-state index contributed by atoms with van der Waals surface area (Å²) in [7, 11) is -1.32. The molecule has 0 saturated carbocycles. The molecule has 0 unspecified atom stereocenters. The molecular weight excluding hydrogens is 682 g/mol. The first-order valence-electron chi connectivity index (χ1n) is 15.2. The molecule has 4 rings (SSSR count). The SMILES string of the molecule is CC[C@@H](C)NC(=O)[C@H](Cc1ccccc1)N(Cc1cccc(Br)c1)C(=O)CN(c1ccc(OC)c(OC)c1)S(=O)(=O)c1ccccc1. The molecule has 0 fully saturated rings. The van der Waals surface area contributed by atoms with E-state index in [1.807, 2.05) is 68.4 Å². The van der Waals surface area contributed by atoms with Crippen molar-refractivity contribution < 1.29 is 27.5 Å². The lowest BCUT2D eigenvalue weighted by atomic mass is 10.0. The Morgan fingerprint density at radius 2 is 1.47 bits per heavy atom. The highest BCUT2D eigenvalue weighted by atomic mass is 79.9. The molecule has 4 aromatic carbocycles. The smallest absolute Gasteiger partial charge is 0.264 e. The van der Waals surface area contributed by atoms with Crippen molar-refractivity contribution in [2.75, 3.05) is 25.1 Å². The van der Waals surface area contributed by atoms with Gasteiger partial charge in [-0.05, 0) is 60.9 Å². The lowest BCUT2D eigenvalue weighted by Crippen LogP contribution is -2.54. The number of nitrogens with one attached hydrogen (secondary N) is 1. The standard InChI is InChI=1S/C36H40BrN3O6S/c1-5-26(2)38-36(42)32(22-27-13-8-6-9-14-27)39(24-28-15-12-16-29(37)21-28)35(41)25-40(47(43,44)31-17-10-7-11-18-31)30-19-20-33(45-3)34(23-30)46-4/h6-21,23,26,32H,5,22,24-25H2,1-4H3,(H,38,42)/t26-,32+/m1/s1. The highest BCUT2D eigenvalue weighted by Gasteiger charge is 2.35. The number of hydrogen-bond donors (Lipinski definition) is 1. The van der Waals surface area contributed by atoms with Gasteiger partial charge in [0.1, 0.15) is 12.6 Å². The maximum Gasteiger partial charge on any atom is 0.264 e. The van der Waals surface area contributed by atoms with Crippen LogP contribution in [0.1, 0.15) is 31.4 Å². The number of nitrogens with zero attached hydrogens (tertiary/aromatic N) is 2. The monoisotopic (exact) mass is 721 g/mol. The van der Waals surface area contributed by atoms with E-state index in [9.17, 15) is 18.0 Å². The van der Waals surface area contributed by atoms with Crippen LogP contribution in [0.5, 0.6) is 11.5 Å². The van der Waals surface area contributed by atoms with Gasteiger partial charge in [0, 0.05) is 29.5 Å². The van der Waals surface area contributed by atoms with E-state index in [0.717, 1.165) is 19.9 Å². The van der Waals surface area contributed by atoms with Crippen LogP contribution in [0.2, 0.25) is 0 Å². The van der Waals surface area contributed by atoms with Crippen LogP contribution >= 0.6 is 15.9 Å². The number of carbonyl (C=O) groups is 2. The quantitative estimate of drug-likeness (QED) is 0.156. The minimum atomic E-state index is -4.25. The van der Waals surface area contributed by atoms with E-state index in [2.05, 4.69) is 21.2 Å². The number of methoxy groups -OCH3 is 2. The van der Waals surface area contributed by atoms with Crippen LogP contribution < -0.4 is 19.1 Å². The van der Waals surface area contributed by atoms with Crippen molar-refractivity contribution >= 4 is 43.5 Å². The number of halogens is 1. The first kappa shape index (κ1) is 35.5. The number of sulfonamides is 1. The zero-order chi connectivity index (χ0) is 34.0. The van der Waals surface area contributed by atoms with Crippen molar-refractivity contribution in [2.45, 2.75) is 50.2 Å². The number of amides is 2. The van der Waals surface area contributed by atoms with Gasteiger partial charge in [0.15, 0.2) is 11.5 Å². The van der Waals surface area contributed by atoms with Gasteiger partial charge in [0.05, 0.1) is 24.8 Å². The Labute approximate surface area is 285 Å². The molecule has 0 aliphatic rings. The molecular formula is C36H40BrN3O6S. The predicted molar refractivity (Wildman–Crippen MR) is 187 cm³/mol. The van der Waals surface area contributed by atoms with Gasteiger partial charge in [-0.3, -0.25) is 13.9 Å². The molecule has 0 aromatic heterocycles. The lowest BCUT2D eigenvalue weighted by Gasteiger charge is -2.34. The Morgan fingerprint density at radius 3 is 2.09 bits per heavy atom. The molecule has 4 aromatic rings. The van der Waals surface area contributed by atoms with Crippen molar-refractivity contribution in [1.29, 1.82) is 0 Å². The van der Waals surface area contributed by atoms with Crippen LogP contribution in [0.25, 0.3) is 0 Å². The molecule has 0 aliphatic carbocycles. The number of rotatable bonds is 15. The summed E-state index contributed by atoms with van der Waals surface area (Å²) in [5.41, 5.74) is 1.83. The first-order chi connectivity index (χ1) is 22.6. The molecule has 0 heterocycles. The van der Waals surface area contributed by atoms with Gasteiger partial charge in [-0.15, -0.1) is 0 Å². The molecule has 0 spiro atoms. The molecule has 2 amide bonds. The average molecular weight is 723 g/mol. The summed E-state index contributed by atoms with van der Waals surface area (Å²) in [6, 6.07) is 28.4. The Bertz CT molecular complexity index is 1760. The van der Waals surface area contributed by atoms with Crippen LogP contribution in [-0.4, -0.2) is 58.0 Å². The van der Waals surface area contributed by atoms with E-state index < -0.39 is 28.5 Å². The van der Waals surface area contributed by atoms with E-state index in [1.54, 1.807) is 30.3 Å². The number of hydrogen-bond acceptors (Lipinski definition) is 6. The summed E-state index contributed by atoms with van der Waals surface area (Å²) in [5, 5.41) is 3.05. The van der Waals surface area contributed by atoms with Crippen LogP contribution in [0.15, 0.2) is 112 Å². The molecule has 2 atom stereocenters. The Hall–Kier alpha value is -4.35. The molecule has 11 heteroatoms. The molecule has 47 heavy (non-hydrogen) atoms. The van der Waals surface area contributed by atoms with Crippen molar-refractivity contribution in [2.24, 2.45) is 0 Å². The maximum absolute atomic E-state index is 14.6. The van der Waals surface area contributed by atoms with E-state index in [0.29, 0.717) is 17.9 Å². The summed E-state index contributed by atoms with van der Waals surface area (Å²) >= 11 is 3.51. The fourth-order valence-electron chi connectivity index (χ4n) is 5.06. The summed E-state index contributed by atoms with van der Waals surface area (Å²) < 4.78 is 41.2. The summed E-state index contributed by atoms with van der Waals surface area (Å²) in [4.78, 5) is 30.1. The van der Waals surface area contributed by atoms with Gasteiger partial charge in [-0.1, -0.05) is 83.5 Å². The van der Waals surface area contributed by atoms with Gasteiger partial charge in [0.2, 0.25) is 11.8 Å². The van der Waals surface area contributed by atoms with Gasteiger partial charge in [-0.25, -0.2) is 8.42 Å². The minimum absolute atomic E-state index is 0.0106. The van der Waals surface area contributed by atoms with E-state index in [-0.39, 0.29) is 35.5 Å². The second kappa shape index (κ2) is 16.5. The van der Waals surface area contributed by atoms with Crippen LogP contribution in [-0.2, 0) is 32.6 Å². The van der Waals surface area contributed by atoms with Crippen LogP contribution in [0.4, 0.5) is 5.69 Å². The molecule has 0 saturated heterocycles. The molecule has 0 aliphatic heterocycles. The zero-order valence-corrected chi connectivity index (χ0v) is 29.3. The van der Waals surface area contributed by atoms with Crippen molar-refractivity contribution in [3.8, 4) is 11.5 Å². The molecule has 1 N–H and O–H groups in total. The topological polar surface area (TPSA) is 105 Å². The molecule has 0 bridgehead atoms. The number of ether oxygens (including phenoxy) is 2. The summed E-state index contributed by atoms with van der Waals surface area (Å²) in [6.45, 7) is 3.36. The van der Waals surface area contributed by atoms with E-state index in [1.165, 1.54) is 37.3 Å². The fourth-order valence-corrected chi connectivity index (χ4v) is 6.93. The second-order valence-electron chi connectivity index (χ2n) is 11.0. The number of benzene rings is 4. The Kier molecular flexibility index (Phi) is 12.4. The van der Waals surface area contributed by atoms with Gasteiger partial charge >= 0.3 is 0 Å². The summed E-state index contributed by atoms with van der Waals surface area (Å²) in [5.74, 6) is -0.179. The largest absolute Gasteiger partial charge is 0.493 e. The van der Waals surface area contributed by atoms with E-state index >= 15 is 0 Å². The van der Waals surface area contributed by atoms with Crippen molar-refractivity contribution in [1.82, 2.24) is 10.2 Å². The van der Waals surface area contributed by atoms with E-state index in [4.69, 9.17) is 9.47 Å². The van der Waals surface area contributed by atoms with Gasteiger partial charge in [0.25, 0.3) is 10.0 Å². The zero-order valence-electron chi connectivity index (χ0n) is 26.9. The summed E-state index contributed by atoms with van der Waals surface area (Å²) in [6.07, 6.45) is 0.927. The third-order valence-corrected chi connectivity index (χ3v) is 10.1. The lowest BCUT2D eigenvalue weighted by molar-refractivity contribution is -0.140. The number of carbonyl (C=O) groups excluding carboxylic acids is 2. The molecule has 248 valence electrons.